The minimum Gasteiger partial charge on any atom is -0.379 e. The van der Waals surface area contributed by atoms with Crippen LogP contribution < -0.4 is 5.32 Å². The Balaban J connectivity index is 3.75. The molecule has 0 saturated carbocycles. The van der Waals surface area contributed by atoms with Gasteiger partial charge in [0.25, 0.3) is 0 Å². The van der Waals surface area contributed by atoms with E-state index in [2.05, 4.69) is 19.2 Å². The first-order chi connectivity index (χ1) is 10.7. The molecule has 0 aromatic carbocycles. The van der Waals surface area contributed by atoms with Gasteiger partial charge in [-0.3, -0.25) is 5.32 Å². The fourth-order valence-electron chi connectivity index (χ4n) is 3.04. The van der Waals surface area contributed by atoms with Crippen LogP contribution in [0.1, 0.15) is 117 Å². The first-order valence-electron chi connectivity index (χ1n) is 10.2. The normalized spacial score (nSPS) is 13.0. The molecule has 2 nitrogen and oxygen atoms in total. The molecule has 0 aromatic heterocycles. The van der Waals surface area contributed by atoms with Crippen molar-refractivity contribution in [3.8, 4) is 0 Å². The van der Waals surface area contributed by atoms with Crippen molar-refractivity contribution in [2.75, 3.05) is 0 Å². The van der Waals surface area contributed by atoms with Gasteiger partial charge in [0, 0.05) is 6.04 Å². The molecule has 0 bridgehead atoms. The van der Waals surface area contributed by atoms with Gasteiger partial charge in [-0.05, 0) is 19.3 Å². The number of hydrogen-bond donors (Lipinski definition) is 2. The first-order valence-corrected chi connectivity index (χ1v) is 10.2. The summed E-state index contributed by atoms with van der Waals surface area (Å²) in [4.78, 5) is 0. The van der Waals surface area contributed by atoms with Gasteiger partial charge >= 0.3 is 0 Å². The summed E-state index contributed by atoms with van der Waals surface area (Å²) in [6.45, 7) is 6.59. The summed E-state index contributed by atoms with van der Waals surface area (Å²) < 4.78 is 0. The van der Waals surface area contributed by atoms with Crippen LogP contribution in [-0.2, 0) is 0 Å². The Kier molecular flexibility index (Phi) is 17.2. The zero-order chi connectivity index (χ0) is 16.5. The van der Waals surface area contributed by atoms with Crippen molar-refractivity contribution in [3.63, 3.8) is 0 Å². The standard InChI is InChI=1S/C20H43NO/c1-4-7-9-11-13-15-17-19(21-20(22)6-3)18-16-14-12-10-8-5-2/h19-22H,4-18H2,1-3H3. The molecule has 0 rings (SSSR count). The average Bonchev–Trinajstić information content (AvgIpc) is 2.53. The van der Waals surface area contributed by atoms with Gasteiger partial charge in [-0.2, -0.15) is 0 Å². The van der Waals surface area contributed by atoms with E-state index in [1.54, 1.807) is 0 Å². The van der Waals surface area contributed by atoms with Gasteiger partial charge in [0.2, 0.25) is 0 Å². The molecular formula is C20H43NO. The molecule has 22 heavy (non-hydrogen) atoms. The van der Waals surface area contributed by atoms with Crippen LogP contribution in [0.15, 0.2) is 0 Å². The Morgan fingerprint density at radius 3 is 1.45 bits per heavy atom. The van der Waals surface area contributed by atoms with E-state index in [4.69, 9.17) is 0 Å². The van der Waals surface area contributed by atoms with Gasteiger partial charge in [0.1, 0.15) is 6.23 Å². The second-order valence-corrected chi connectivity index (χ2v) is 6.90. The number of unbranched alkanes of at least 4 members (excludes halogenated alkanes) is 10. The molecule has 0 radical (unpaired) electrons. The molecule has 0 aliphatic carbocycles. The minimum absolute atomic E-state index is 0.315. The maximum Gasteiger partial charge on any atom is 0.104 e. The Labute approximate surface area is 140 Å². The van der Waals surface area contributed by atoms with E-state index in [0.717, 1.165) is 6.42 Å². The fraction of sp³-hybridized carbons (Fsp3) is 1.00. The van der Waals surface area contributed by atoms with Crippen LogP contribution in [0.5, 0.6) is 0 Å². The molecular weight excluding hydrogens is 270 g/mol. The van der Waals surface area contributed by atoms with E-state index in [0.29, 0.717) is 6.04 Å². The second-order valence-electron chi connectivity index (χ2n) is 6.90. The molecule has 0 aliphatic rings. The van der Waals surface area contributed by atoms with Crippen LogP contribution in [-0.4, -0.2) is 17.4 Å². The quantitative estimate of drug-likeness (QED) is 0.248. The van der Waals surface area contributed by atoms with Crippen molar-refractivity contribution in [2.45, 2.75) is 129 Å². The molecule has 0 saturated heterocycles. The highest BCUT2D eigenvalue weighted by Gasteiger charge is 2.11. The van der Waals surface area contributed by atoms with Gasteiger partial charge in [-0.15, -0.1) is 0 Å². The smallest absolute Gasteiger partial charge is 0.104 e. The Morgan fingerprint density at radius 1 is 0.636 bits per heavy atom. The lowest BCUT2D eigenvalue weighted by Gasteiger charge is -2.22. The topological polar surface area (TPSA) is 32.3 Å². The second kappa shape index (κ2) is 17.3. The summed E-state index contributed by atoms with van der Waals surface area (Å²) in [7, 11) is 0. The summed E-state index contributed by atoms with van der Waals surface area (Å²) in [5.74, 6) is 0. The third kappa shape index (κ3) is 14.8. The predicted molar refractivity (Wildman–Crippen MR) is 99.2 cm³/mol. The van der Waals surface area contributed by atoms with Crippen molar-refractivity contribution in [1.82, 2.24) is 5.32 Å². The molecule has 0 amide bonds. The molecule has 134 valence electrons. The van der Waals surface area contributed by atoms with E-state index in [9.17, 15) is 5.11 Å². The van der Waals surface area contributed by atoms with E-state index in [-0.39, 0.29) is 6.23 Å². The average molecular weight is 314 g/mol. The summed E-state index contributed by atoms with van der Waals surface area (Å²) in [5, 5.41) is 13.3. The zero-order valence-corrected chi connectivity index (χ0v) is 15.7. The van der Waals surface area contributed by atoms with Crippen molar-refractivity contribution < 1.29 is 5.11 Å². The van der Waals surface area contributed by atoms with Crippen LogP contribution >= 0.6 is 0 Å². The highest BCUT2D eigenvalue weighted by Crippen LogP contribution is 2.15. The van der Waals surface area contributed by atoms with Gasteiger partial charge in [-0.25, -0.2) is 0 Å². The molecule has 0 fully saturated rings. The fourth-order valence-corrected chi connectivity index (χ4v) is 3.04. The van der Waals surface area contributed by atoms with Crippen molar-refractivity contribution in [3.05, 3.63) is 0 Å². The van der Waals surface area contributed by atoms with Crippen LogP contribution in [0.3, 0.4) is 0 Å². The summed E-state index contributed by atoms with van der Waals surface area (Å²) in [6, 6.07) is 0.521. The van der Waals surface area contributed by atoms with Gasteiger partial charge in [-0.1, -0.05) is 97.8 Å². The molecule has 0 aromatic rings. The maximum atomic E-state index is 9.86. The molecule has 1 unspecified atom stereocenters. The minimum atomic E-state index is -0.315. The monoisotopic (exact) mass is 313 g/mol. The van der Waals surface area contributed by atoms with Crippen LogP contribution in [0.4, 0.5) is 0 Å². The SMILES string of the molecule is CCCCCCCCC(CCCCCCCC)NC(O)CC. The number of aliphatic hydroxyl groups is 1. The largest absolute Gasteiger partial charge is 0.379 e. The van der Waals surface area contributed by atoms with E-state index in [1.165, 1.54) is 89.9 Å². The Morgan fingerprint density at radius 2 is 1.05 bits per heavy atom. The van der Waals surface area contributed by atoms with Crippen molar-refractivity contribution in [2.24, 2.45) is 0 Å². The van der Waals surface area contributed by atoms with Crippen molar-refractivity contribution in [1.29, 1.82) is 0 Å². The highest BCUT2D eigenvalue weighted by molar-refractivity contribution is 4.69. The molecule has 1 atom stereocenters. The Bertz CT molecular complexity index is 192. The predicted octanol–water partition coefficient (Wildman–Crippen LogP) is 6.17. The lowest BCUT2D eigenvalue weighted by atomic mass is 10.00. The third-order valence-corrected chi connectivity index (χ3v) is 4.63. The summed E-state index contributed by atoms with van der Waals surface area (Å²) in [5.41, 5.74) is 0. The highest BCUT2D eigenvalue weighted by atomic mass is 16.3. The summed E-state index contributed by atoms with van der Waals surface area (Å²) >= 11 is 0. The Hall–Kier alpha value is -0.0800. The molecule has 2 N–H and O–H groups in total. The number of aliphatic hydroxyl groups excluding tert-OH is 1. The zero-order valence-electron chi connectivity index (χ0n) is 15.7. The van der Waals surface area contributed by atoms with E-state index < -0.39 is 0 Å². The summed E-state index contributed by atoms with van der Waals surface area (Å²) in [6.07, 6.45) is 19.3. The van der Waals surface area contributed by atoms with Gasteiger partial charge < -0.3 is 5.11 Å². The van der Waals surface area contributed by atoms with Crippen LogP contribution in [0, 0.1) is 0 Å². The molecule has 0 spiro atoms. The molecule has 0 aliphatic heterocycles. The lowest BCUT2D eigenvalue weighted by molar-refractivity contribution is 0.113. The third-order valence-electron chi connectivity index (χ3n) is 4.63. The van der Waals surface area contributed by atoms with E-state index >= 15 is 0 Å². The van der Waals surface area contributed by atoms with Crippen molar-refractivity contribution >= 4 is 0 Å². The first kappa shape index (κ1) is 21.9. The maximum absolute atomic E-state index is 9.86. The number of hydrogen-bond acceptors (Lipinski definition) is 2. The van der Waals surface area contributed by atoms with E-state index in [1.807, 2.05) is 6.92 Å². The van der Waals surface area contributed by atoms with Crippen LogP contribution in [0.25, 0.3) is 0 Å². The van der Waals surface area contributed by atoms with Gasteiger partial charge in [0.15, 0.2) is 0 Å². The van der Waals surface area contributed by atoms with Gasteiger partial charge in [0.05, 0.1) is 0 Å². The molecule has 0 heterocycles. The van der Waals surface area contributed by atoms with Crippen LogP contribution in [0.2, 0.25) is 0 Å². The number of nitrogens with one attached hydrogen (secondary N) is 1. The lowest BCUT2D eigenvalue weighted by Crippen LogP contribution is -2.37. The molecule has 2 heteroatoms. The number of rotatable bonds is 17.